The van der Waals surface area contributed by atoms with Crippen LogP contribution in [0.3, 0.4) is 0 Å². The Morgan fingerprint density at radius 3 is 2.65 bits per heavy atom. The minimum absolute atomic E-state index is 0.0588. The number of carbonyl (C=O) groups is 1. The maximum absolute atomic E-state index is 13.0. The average molecular weight is 357 g/mol. The van der Waals surface area contributed by atoms with Crippen molar-refractivity contribution in [3.63, 3.8) is 0 Å². The summed E-state index contributed by atoms with van der Waals surface area (Å²) in [6.07, 6.45) is 0.901. The van der Waals surface area contributed by atoms with Gasteiger partial charge in [0.2, 0.25) is 0 Å². The third kappa shape index (κ3) is 5.86. The SMILES string of the molecule is CCOCCC[NH2+][C@@H](C(=O)Nc1cc(C)ccc1OC)c1ccccc1. The first-order valence-electron chi connectivity index (χ1n) is 9.07. The lowest BCUT2D eigenvalue weighted by molar-refractivity contribution is -0.682. The zero-order valence-electron chi connectivity index (χ0n) is 15.8. The highest BCUT2D eigenvalue weighted by Crippen LogP contribution is 2.26. The van der Waals surface area contributed by atoms with Crippen LogP contribution in [-0.2, 0) is 9.53 Å². The lowest BCUT2D eigenvalue weighted by Gasteiger charge is -2.17. The molecule has 0 unspecified atom stereocenters. The van der Waals surface area contributed by atoms with Crippen molar-refractivity contribution >= 4 is 11.6 Å². The zero-order valence-corrected chi connectivity index (χ0v) is 15.8. The van der Waals surface area contributed by atoms with Crippen molar-refractivity contribution in [1.29, 1.82) is 0 Å². The van der Waals surface area contributed by atoms with Gasteiger partial charge in [-0.25, -0.2) is 0 Å². The van der Waals surface area contributed by atoms with Gasteiger partial charge in [-0.05, 0) is 31.5 Å². The summed E-state index contributed by atoms with van der Waals surface area (Å²) in [5, 5.41) is 5.09. The third-order valence-corrected chi connectivity index (χ3v) is 4.15. The van der Waals surface area contributed by atoms with Crippen LogP contribution in [0, 0.1) is 6.92 Å². The van der Waals surface area contributed by atoms with Gasteiger partial charge in [0.25, 0.3) is 5.91 Å². The summed E-state index contributed by atoms with van der Waals surface area (Å²) in [7, 11) is 1.61. The van der Waals surface area contributed by atoms with Gasteiger partial charge in [0.05, 0.1) is 25.9 Å². The van der Waals surface area contributed by atoms with E-state index in [1.54, 1.807) is 7.11 Å². The van der Waals surface area contributed by atoms with E-state index < -0.39 is 0 Å². The molecule has 0 aliphatic carbocycles. The Labute approximate surface area is 155 Å². The molecule has 0 spiro atoms. The van der Waals surface area contributed by atoms with Gasteiger partial charge in [0.15, 0.2) is 6.04 Å². The fourth-order valence-corrected chi connectivity index (χ4v) is 2.80. The molecule has 5 nitrogen and oxygen atoms in total. The van der Waals surface area contributed by atoms with Crippen molar-refractivity contribution in [2.75, 3.05) is 32.2 Å². The molecule has 0 aliphatic heterocycles. The van der Waals surface area contributed by atoms with E-state index in [2.05, 4.69) is 10.6 Å². The van der Waals surface area contributed by atoms with Crippen molar-refractivity contribution < 1.29 is 19.6 Å². The van der Waals surface area contributed by atoms with Crippen molar-refractivity contribution in [1.82, 2.24) is 0 Å². The first-order chi connectivity index (χ1) is 12.7. The number of nitrogens with two attached hydrogens (primary N) is 1. The molecule has 1 atom stereocenters. The number of carbonyl (C=O) groups excluding carboxylic acids is 1. The fourth-order valence-electron chi connectivity index (χ4n) is 2.80. The van der Waals surface area contributed by atoms with Crippen LogP contribution in [0.4, 0.5) is 5.69 Å². The highest BCUT2D eigenvalue weighted by Gasteiger charge is 2.24. The summed E-state index contributed by atoms with van der Waals surface area (Å²) in [6.45, 7) is 6.22. The largest absolute Gasteiger partial charge is 0.495 e. The smallest absolute Gasteiger partial charge is 0.287 e. The molecule has 140 valence electrons. The van der Waals surface area contributed by atoms with Gasteiger partial charge in [-0.2, -0.15) is 0 Å². The van der Waals surface area contributed by atoms with E-state index in [1.165, 1.54) is 0 Å². The predicted octanol–water partition coefficient (Wildman–Crippen LogP) is 2.67. The van der Waals surface area contributed by atoms with Gasteiger partial charge in [0.1, 0.15) is 5.75 Å². The molecular formula is C21H29N2O3+. The number of ether oxygens (including phenoxy) is 2. The number of nitrogens with one attached hydrogen (secondary N) is 1. The van der Waals surface area contributed by atoms with Crippen LogP contribution in [0.2, 0.25) is 0 Å². The monoisotopic (exact) mass is 357 g/mol. The van der Waals surface area contributed by atoms with E-state index in [4.69, 9.17) is 9.47 Å². The topological polar surface area (TPSA) is 64.2 Å². The minimum Gasteiger partial charge on any atom is -0.495 e. The summed E-state index contributed by atoms with van der Waals surface area (Å²) < 4.78 is 10.8. The van der Waals surface area contributed by atoms with Crippen LogP contribution in [0.1, 0.15) is 30.5 Å². The number of benzene rings is 2. The highest BCUT2D eigenvalue weighted by atomic mass is 16.5. The van der Waals surface area contributed by atoms with Crippen molar-refractivity contribution in [3.05, 3.63) is 59.7 Å². The van der Waals surface area contributed by atoms with E-state index in [-0.39, 0.29) is 11.9 Å². The van der Waals surface area contributed by atoms with Crippen LogP contribution in [0.25, 0.3) is 0 Å². The lowest BCUT2D eigenvalue weighted by Crippen LogP contribution is -2.87. The molecule has 0 fully saturated rings. The quantitative estimate of drug-likeness (QED) is 0.643. The molecule has 0 radical (unpaired) electrons. The second kappa shape index (κ2) is 10.6. The van der Waals surface area contributed by atoms with Crippen LogP contribution >= 0.6 is 0 Å². The number of amides is 1. The number of quaternary nitrogens is 1. The zero-order chi connectivity index (χ0) is 18.8. The molecule has 5 heteroatoms. The molecule has 0 saturated heterocycles. The summed E-state index contributed by atoms with van der Waals surface area (Å²) in [5.41, 5.74) is 2.74. The molecule has 0 saturated carbocycles. The number of aryl methyl sites for hydroxylation is 1. The number of rotatable bonds is 10. The summed E-state index contributed by atoms with van der Waals surface area (Å²) in [6, 6.07) is 15.3. The summed E-state index contributed by atoms with van der Waals surface area (Å²) in [4.78, 5) is 13.0. The van der Waals surface area contributed by atoms with E-state index in [0.717, 1.165) is 30.7 Å². The van der Waals surface area contributed by atoms with Gasteiger partial charge < -0.3 is 20.1 Å². The number of methoxy groups -OCH3 is 1. The second-order valence-electron chi connectivity index (χ2n) is 6.16. The Bertz CT molecular complexity index is 689. The number of hydrogen-bond donors (Lipinski definition) is 2. The summed E-state index contributed by atoms with van der Waals surface area (Å²) in [5.74, 6) is 0.601. The molecule has 3 N–H and O–H groups in total. The van der Waals surface area contributed by atoms with Gasteiger partial charge in [-0.15, -0.1) is 0 Å². The minimum atomic E-state index is -0.317. The third-order valence-electron chi connectivity index (χ3n) is 4.15. The Hall–Kier alpha value is -2.37. The van der Waals surface area contributed by atoms with Crippen LogP contribution in [0.5, 0.6) is 5.75 Å². The Morgan fingerprint density at radius 1 is 1.19 bits per heavy atom. The first-order valence-corrected chi connectivity index (χ1v) is 9.07. The molecule has 0 aliphatic rings. The average Bonchev–Trinajstić information content (AvgIpc) is 2.65. The molecule has 2 aromatic rings. The Balaban J connectivity index is 2.11. The van der Waals surface area contributed by atoms with Gasteiger partial charge >= 0.3 is 0 Å². The lowest BCUT2D eigenvalue weighted by atomic mass is 10.1. The first kappa shape index (κ1) is 19.9. The standard InChI is InChI=1S/C21H28N2O3/c1-4-26-14-8-13-22-20(17-9-6-5-7-10-17)21(24)23-18-15-16(2)11-12-19(18)25-3/h5-7,9-12,15,20,22H,4,8,13-14H2,1-3H3,(H,23,24)/p+1/t20-/m1/s1. The maximum atomic E-state index is 13.0. The Morgan fingerprint density at radius 2 is 1.96 bits per heavy atom. The van der Waals surface area contributed by atoms with Crippen LogP contribution in [0.15, 0.2) is 48.5 Å². The normalized spacial score (nSPS) is 11.8. The molecular weight excluding hydrogens is 328 g/mol. The van der Waals surface area contributed by atoms with Crippen molar-refractivity contribution in [2.24, 2.45) is 0 Å². The van der Waals surface area contributed by atoms with Crippen LogP contribution in [-0.4, -0.2) is 32.8 Å². The van der Waals surface area contributed by atoms with Crippen molar-refractivity contribution in [3.8, 4) is 5.75 Å². The van der Waals surface area contributed by atoms with Gasteiger partial charge in [-0.3, -0.25) is 4.79 Å². The molecule has 26 heavy (non-hydrogen) atoms. The molecule has 0 bridgehead atoms. The van der Waals surface area contributed by atoms with E-state index in [1.807, 2.05) is 62.4 Å². The van der Waals surface area contributed by atoms with Gasteiger partial charge in [-0.1, -0.05) is 36.4 Å². The predicted molar refractivity (Wildman–Crippen MR) is 103 cm³/mol. The Kier molecular flexibility index (Phi) is 8.12. The highest BCUT2D eigenvalue weighted by molar-refractivity contribution is 5.95. The maximum Gasteiger partial charge on any atom is 0.287 e. The molecule has 2 aromatic carbocycles. The van der Waals surface area contributed by atoms with Crippen molar-refractivity contribution in [2.45, 2.75) is 26.3 Å². The molecule has 0 heterocycles. The van der Waals surface area contributed by atoms with E-state index in [0.29, 0.717) is 18.0 Å². The molecule has 2 rings (SSSR count). The molecule has 0 aromatic heterocycles. The fraction of sp³-hybridized carbons (Fsp3) is 0.381. The van der Waals surface area contributed by atoms with Gasteiger partial charge in [0, 0.05) is 18.6 Å². The summed E-state index contributed by atoms with van der Waals surface area (Å²) >= 11 is 0. The number of anilines is 1. The van der Waals surface area contributed by atoms with E-state index >= 15 is 0 Å². The van der Waals surface area contributed by atoms with Crippen LogP contribution < -0.4 is 15.4 Å². The molecule has 1 amide bonds. The number of hydrogen-bond acceptors (Lipinski definition) is 3. The van der Waals surface area contributed by atoms with E-state index in [9.17, 15) is 4.79 Å². The second-order valence-corrected chi connectivity index (χ2v) is 6.16.